The van der Waals surface area contributed by atoms with Crippen LogP contribution in [0.1, 0.15) is 67.7 Å². The lowest BCUT2D eigenvalue weighted by Gasteiger charge is -2.56. The molecule has 11 nitrogen and oxygen atoms in total. The summed E-state index contributed by atoms with van der Waals surface area (Å²) in [5.41, 5.74) is -2.41. The minimum atomic E-state index is -2.06. The van der Waals surface area contributed by atoms with Crippen LogP contribution in [-0.4, -0.2) is 71.1 Å². The molecule has 0 unspecified atom stereocenters. The van der Waals surface area contributed by atoms with Gasteiger partial charge < -0.3 is 28.8 Å². The van der Waals surface area contributed by atoms with Gasteiger partial charge in [0, 0.05) is 40.0 Å². The lowest BCUT2D eigenvalue weighted by molar-refractivity contribution is -0.235. The number of hydrogen-bond donors (Lipinski definition) is 1. The molecule has 0 spiro atoms. The van der Waals surface area contributed by atoms with Crippen molar-refractivity contribution in [3.63, 3.8) is 0 Å². The minimum absolute atomic E-state index is 0.0128. The molecule has 9 atom stereocenters. The number of aliphatic hydroxyl groups is 1. The van der Waals surface area contributed by atoms with Gasteiger partial charge in [-0.1, -0.05) is 24.6 Å². The Kier molecular flexibility index (Phi) is 8.64. The SMILES string of the molecule is C=C1C[C@@H](OC(C)=O)[C@@H](OC(C)=O)[C@@]2(C)[C@H](OC(C)=O)CC/C(C)=C\[C@H]3OC(=O)[C@@H](C)[C@]3(O)[C@H](OC(C)=O)[C@H]12. The fourth-order valence-electron chi connectivity index (χ4n) is 6.47. The molecule has 216 valence electrons. The van der Waals surface area contributed by atoms with Crippen LogP contribution in [0.2, 0.25) is 0 Å². The second kappa shape index (κ2) is 11.1. The molecule has 1 saturated carbocycles. The Morgan fingerprint density at radius 3 is 2.05 bits per heavy atom. The molecular weight excluding hydrogens is 512 g/mol. The molecule has 1 saturated heterocycles. The largest absolute Gasteiger partial charge is 0.462 e. The molecule has 3 aliphatic rings. The van der Waals surface area contributed by atoms with Crippen molar-refractivity contribution in [3.8, 4) is 0 Å². The van der Waals surface area contributed by atoms with Crippen molar-refractivity contribution in [2.75, 3.05) is 0 Å². The molecule has 1 aliphatic heterocycles. The van der Waals surface area contributed by atoms with Crippen molar-refractivity contribution in [1.82, 2.24) is 0 Å². The molecule has 1 heterocycles. The molecule has 11 heteroatoms. The summed E-state index contributed by atoms with van der Waals surface area (Å²) < 4.78 is 28.6. The standard InChI is InChI=1S/C28H38O11/c1-13-9-10-21(36-17(5)30)27(8)23(14(2)12-20(35-16(4)29)24(27)37-18(6)31)25(38-19(7)32)28(34)15(3)26(33)39-22(28)11-13/h11,15,20-25,34H,2,9-10,12H2,1,3-8H3/b13-11-/t15-,20-,21-,22-,23+,24-,25-,27+,28-/m1/s1. The highest BCUT2D eigenvalue weighted by atomic mass is 16.6. The third-order valence-corrected chi connectivity index (χ3v) is 8.17. The third kappa shape index (κ3) is 5.59. The first-order valence-electron chi connectivity index (χ1n) is 13.0. The molecule has 0 aromatic carbocycles. The summed E-state index contributed by atoms with van der Waals surface area (Å²) in [5, 5.41) is 12.3. The van der Waals surface area contributed by atoms with E-state index >= 15 is 0 Å². The van der Waals surface area contributed by atoms with E-state index in [1.54, 1.807) is 19.9 Å². The summed E-state index contributed by atoms with van der Waals surface area (Å²) in [7, 11) is 0. The van der Waals surface area contributed by atoms with Gasteiger partial charge in [0.1, 0.15) is 24.4 Å². The summed E-state index contributed by atoms with van der Waals surface area (Å²) in [6.07, 6.45) is -3.61. The second-order valence-electron chi connectivity index (χ2n) is 11.0. The summed E-state index contributed by atoms with van der Waals surface area (Å²) in [6, 6.07) is 0. The normalized spacial score (nSPS) is 39.6. The summed E-state index contributed by atoms with van der Waals surface area (Å²) >= 11 is 0. The van der Waals surface area contributed by atoms with E-state index in [0.29, 0.717) is 12.0 Å². The van der Waals surface area contributed by atoms with Crippen LogP contribution in [0.5, 0.6) is 0 Å². The van der Waals surface area contributed by atoms with Gasteiger partial charge in [-0.25, -0.2) is 0 Å². The van der Waals surface area contributed by atoms with Crippen LogP contribution in [-0.2, 0) is 47.7 Å². The third-order valence-electron chi connectivity index (χ3n) is 8.17. The first-order chi connectivity index (χ1) is 18.0. The predicted molar refractivity (Wildman–Crippen MR) is 135 cm³/mol. The zero-order valence-electron chi connectivity index (χ0n) is 23.5. The molecule has 0 bridgehead atoms. The van der Waals surface area contributed by atoms with Crippen LogP contribution in [0.4, 0.5) is 0 Å². The Morgan fingerprint density at radius 1 is 0.974 bits per heavy atom. The van der Waals surface area contributed by atoms with Crippen LogP contribution >= 0.6 is 0 Å². The number of carbonyl (C=O) groups is 5. The Morgan fingerprint density at radius 2 is 1.51 bits per heavy atom. The molecule has 39 heavy (non-hydrogen) atoms. The average molecular weight is 551 g/mol. The molecule has 2 aliphatic carbocycles. The van der Waals surface area contributed by atoms with E-state index in [2.05, 4.69) is 6.58 Å². The summed E-state index contributed by atoms with van der Waals surface area (Å²) in [4.78, 5) is 62.2. The summed E-state index contributed by atoms with van der Waals surface area (Å²) in [5.74, 6) is -5.52. The van der Waals surface area contributed by atoms with Gasteiger partial charge in [0.15, 0.2) is 11.7 Å². The van der Waals surface area contributed by atoms with Gasteiger partial charge in [0.2, 0.25) is 0 Å². The maximum Gasteiger partial charge on any atom is 0.312 e. The van der Waals surface area contributed by atoms with E-state index in [1.165, 1.54) is 27.7 Å². The summed E-state index contributed by atoms with van der Waals surface area (Å²) in [6.45, 7) is 13.9. The highest BCUT2D eigenvalue weighted by Gasteiger charge is 2.69. The van der Waals surface area contributed by atoms with E-state index in [-0.39, 0.29) is 12.8 Å². The van der Waals surface area contributed by atoms with Crippen LogP contribution < -0.4 is 0 Å². The quantitative estimate of drug-likeness (QED) is 0.312. The second-order valence-corrected chi connectivity index (χ2v) is 11.0. The number of fused-ring (bicyclic) bond motifs is 2. The zero-order chi connectivity index (χ0) is 29.4. The maximum atomic E-state index is 12.8. The van der Waals surface area contributed by atoms with Crippen LogP contribution in [0, 0.1) is 17.3 Å². The van der Waals surface area contributed by atoms with Gasteiger partial charge in [-0.2, -0.15) is 0 Å². The van der Waals surface area contributed by atoms with E-state index in [1.807, 2.05) is 0 Å². The molecule has 0 amide bonds. The first kappa shape index (κ1) is 30.3. The predicted octanol–water partition coefficient (Wildman–Crippen LogP) is 2.33. The Bertz CT molecular complexity index is 1090. The Balaban J connectivity index is 2.39. The Labute approximate surface area is 227 Å². The number of allylic oxidation sites excluding steroid dienone is 1. The van der Waals surface area contributed by atoms with Gasteiger partial charge in [0.25, 0.3) is 0 Å². The van der Waals surface area contributed by atoms with Crippen molar-refractivity contribution < 1.29 is 52.8 Å². The number of ether oxygens (including phenoxy) is 5. The molecule has 0 radical (unpaired) electrons. The number of hydrogen-bond acceptors (Lipinski definition) is 11. The topological polar surface area (TPSA) is 152 Å². The lowest BCUT2D eigenvalue weighted by Crippen LogP contribution is -2.68. The van der Waals surface area contributed by atoms with Gasteiger partial charge in [0.05, 0.1) is 11.3 Å². The van der Waals surface area contributed by atoms with Crippen molar-refractivity contribution in [2.24, 2.45) is 17.3 Å². The van der Waals surface area contributed by atoms with Crippen LogP contribution in [0.15, 0.2) is 23.8 Å². The minimum Gasteiger partial charge on any atom is -0.462 e. The van der Waals surface area contributed by atoms with E-state index in [9.17, 15) is 29.1 Å². The van der Waals surface area contributed by atoms with Crippen LogP contribution in [0.25, 0.3) is 0 Å². The highest BCUT2D eigenvalue weighted by Crippen LogP contribution is 2.56. The zero-order valence-corrected chi connectivity index (χ0v) is 23.5. The number of carbonyl (C=O) groups excluding carboxylic acids is 5. The van der Waals surface area contributed by atoms with E-state index in [4.69, 9.17) is 23.7 Å². The fraction of sp³-hybridized carbons (Fsp3) is 0.679. The fourth-order valence-corrected chi connectivity index (χ4v) is 6.47. The van der Waals surface area contributed by atoms with Gasteiger partial charge >= 0.3 is 29.8 Å². The van der Waals surface area contributed by atoms with Crippen molar-refractivity contribution in [2.45, 2.75) is 104 Å². The number of rotatable bonds is 4. The lowest BCUT2D eigenvalue weighted by atomic mass is 9.54. The first-order valence-corrected chi connectivity index (χ1v) is 13.0. The molecule has 2 fully saturated rings. The molecule has 1 N–H and O–H groups in total. The Hall–Kier alpha value is -3.21. The van der Waals surface area contributed by atoms with E-state index in [0.717, 1.165) is 12.5 Å². The highest BCUT2D eigenvalue weighted by molar-refractivity contribution is 5.78. The average Bonchev–Trinajstić information content (AvgIpc) is 3.01. The van der Waals surface area contributed by atoms with Gasteiger partial charge in [-0.15, -0.1) is 0 Å². The molecule has 0 aromatic rings. The van der Waals surface area contributed by atoms with Gasteiger partial charge in [-0.3, -0.25) is 24.0 Å². The maximum absolute atomic E-state index is 12.8. The van der Waals surface area contributed by atoms with E-state index < -0.39 is 83.2 Å². The monoisotopic (exact) mass is 550 g/mol. The smallest absolute Gasteiger partial charge is 0.312 e. The number of esters is 5. The van der Waals surface area contributed by atoms with Crippen LogP contribution in [0.3, 0.4) is 0 Å². The molecule has 3 rings (SSSR count). The van der Waals surface area contributed by atoms with Crippen molar-refractivity contribution >= 4 is 29.8 Å². The van der Waals surface area contributed by atoms with Crippen molar-refractivity contribution in [3.05, 3.63) is 23.8 Å². The molecular formula is C28H38O11. The van der Waals surface area contributed by atoms with Gasteiger partial charge in [-0.05, 0) is 32.8 Å². The van der Waals surface area contributed by atoms with Crippen molar-refractivity contribution in [1.29, 1.82) is 0 Å². The molecule has 0 aromatic heterocycles.